The van der Waals surface area contributed by atoms with Gasteiger partial charge in [0.25, 0.3) is 0 Å². The minimum Gasteiger partial charge on any atom is -0.481 e. The Balaban J connectivity index is 1.72. The molecule has 2 heterocycles. The Labute approximate surface area is 134 Å². The highest BCUT2D eigenvalue weighted by Gasteiger charge is 2.43. The number of benzene rings is 1. The van der Waals surface area contributed by atoms with E-state index in [-0.39, 0.29) is 23.8 Å². The average molecular weight is 323 g/mol. The molecule has 0 spiro atoms. The van der Waals surface area contributed by atoms with E-state index in [1.807, 2.05) is 24.0 Å². The maximum Gasteiger partial charge on any atom is 0.308 e. The molecule has 1 aromatic rings. The zero-order valence-corrected chi connectivity index (χ0v) is 13.2. The standard InChI is InChI=1S/C16H19ClN2O3/c1-10-8-18(9-13(10)16(21)22)14-6-7-19(15(14)20)12-4-2-11(17)3-5-12/h2-5,10,13-14H,6-9H2,1H3,(H,21,22)/t10-,13-,14?/m1/s1. The molecule has 1 aromatic carbocycles. The largest absolute Gasteiger partial charge is 0.481 e. The Morgan fingerprint density at radius 3 is 2.55 bits per heavy atom. The van der Waals surface area contributed by atoms with E-state index >= 15 is 0 Å². The average Bonchev–Trinajstić information content (AvgIpc) is 3.03. The molecule has 1 N–H and O–H groups in total. The first kappa shape index (κ1) is 15.3. The van der Waals surface area contributed by atoms with E-state index in [2.05, 4.69) is 0 Å². The number of hydrogen-bond donors (Lipinski definition) is 1. The van der Waals surface area contributed by atoms with E-state index in [0.29, 0.717) is 24.7 Å². The third-order valence-corrected chi connectivity index (χ3v) is 4.97. The lowest BCUT2D eigenvalue weighted by Gasteiger charge is -2.23. The summed E-state index contributed by atoms with van der Waals surface area (Å²) in [6.45, 7) is 3.73. The molecule has 2 aliphatic heterocycles. The van der Waals surface area contributed by atoms with Crippen LogP contribution in [0.15, 0.2) is 24.3 Å². The second kappa shape index (κ2) is 5.89. The molecule has 0 bridgehead atoms. The summed E-state index contributed by atoms with van der Waals surface area (Å²) in [5.74, 6) is -1.01. The molecule has 2 saturated heterocycles. The molecule has 2 fully saturated rings. The van der Waals surface area contributed by atoms with Crippen molar-refractivity contribution in [2.45, 2.75) is 19.4 Å². The van der Waals surface area contributed by atoms with Crippen molar-refractivity contribution in [3.05, 3.63) is 29.3 Å². The molecular formula is C16H19ClN2O3. The molecule has 6 heteroatoms. The number of anilines is 1. The number of carboxylic acid groups (broad SMARTS) is 1. The summed E-state index contributed by atoms with van der Waals surface area (Å²) in [6.07, 6.45) is 0.737. The van der Waals surface area contributed by atoms with Crippen molar-refractivity contribution in [1.82, 2.24) is 4.90 Å². The third-order valence-electron chi connectivity index (χ3n) is 4.71. The molecule has 2 aliphatic rings. The van der Waals surface area contributed by atoms with Gasteiger partial charge in [-0.15, -0.1) is 0 Å². The van der Waals surface area contributed by atoms with Gasteiger partial charge in [0.15, 0.2) is 0 Å². The Bertz CT molecular complexity index is 590. The highest BCUT2D eigenvalue weighted by Crippen LogP contribution is 2.31. The predicted molar refractivity (Wildman–Crippen MR) is 84.1 cm³/mol. The minimum absolute atomic E-state index is 0.0561. The lowest BCUT2D eigenvalue weighted by Crippen LogP contribution is -2.41. The van der Waals surface area contributed by atoms with Crippen LogP contribution in [-0.2, 0) is 9.59 Å². The summed E-state index contributed by atoms with van der Waals surface area (Å²) in [7, 11) is 0. The first-order valence-electron chi connectivity index (χ1n) is 7.51. The van der Waals surface area contributed by atoms with Gasteiger partial charge in [-0.25, -0.2) is 0 Å². The zero-order valence-electron chi connectivity index (χ0n) is 12.4. The zero-order chi connectivity index (χ0) is 15.9. The van der Waals surface area contributed by atoms with E-state index in [0.717, 1.165) is 12.1 Å². The lowest BCUT2D eigenvalue weighted by molar-refractivity contribution is -0.142. The van der Waals surface area contributed by atoms with Gasteiger partial charge in [0.05, 0.1) is 12.0 Å². The van der Waals surface area contributed by atoms with Crippen molar-refractivity contribution in [1.29, 1.82) is 0 Å². The fourth-order valence-electron chi connectivity index (χ4n) is 3.46. The number of carbonyl (C=O) groups is 2. The van der Waals surface area contributed by atoms with E-state index in [1.54, 1.807) is 17.0 Å². The van der Waals surface area contributed by atoms with Crippen LogP contribution in [0.25, 0.3) is 0 Å². The molecule has 1 unspecified atom stereocenters. The van der Waals surface area contributed by atoms with Crippen LogP contribution in [0.2, 0.25) is 5.02 Å². The number of carboxylic acids is 1. The molecule has 22 heavy (non-hydrogen) atoms. The first-order chi connectivity index (χ1) is 10.5. The van der Waals surface area contributed by atoms with Crippen LogP contribution in [0.1, 0.15) is 13.3 Å². The predicted octanol–water partition coefficient (Wildman–Crippen LogP) is 2.10. The summed E-state index contributed by atoms with van der Waals surface area (Å²) in [4.78, 5) is 27.7. The van der Waals surface area contributed by atoms with Crippen LogP contribution in [0, 0.1) is 11.8 Å². The van der Waals surface area contributed by atoms with Crippen molar-refractivity contribution < 1.29 is 14.7 Å². The van der Waals surface area contributed by atoms with Crippen molar-refractivity contribution >= 4 is 29.2 Å². The van der Waals surface area contributed by atoms with Crippen molar-refractivity contribution in [3.8, 4) is 0 Å². The van der Waals surface area contributed by atoms with E-state index in [9.17, 15) is 14.7 Å². The Hall–Kier alpha value is -1.59. The molecule has 118 valence electrons. The fourth-order valence-corrected chi connectivity index (χ4v) is 3.59. The second-order valence-corrected chi connectivity index (χ2v) is 6.58. The van der Waals surface area contributed by atoms with E-state index in [1.165, 1.54) is 0 Å². The Kier molecular flexibility index (Phi) is 4.10. The number of nitrogens with zero attached hydrogens (tertiary/aromatic N) is 2. The minimum atomic E-state index is -0.769. The normalized spacial score (nSPS) is 29.3. The fraction of sp³-hybridized carbons (Fsp3) is 0.500. The third kappa shape index (κ3) is 2.71. The SMILES string of the molecule is C[C@@H]1CN(C2CCN(c3ccc(Cl)cc3)C2=O)C[C@H]1C(=O)O. The number of carbonyl (C=O) groups excluding carboxylic acids is 1. The maximum atomic E-state index is 12.7. The highest BCUT2D eigenvalue weighted by atomic mass is 35.5. The van der Waals surface area contributed by atoms with Crippen molar-refractivity contribution in [2.75, 3.05) is 24.5 Å². The monoisotopic (exact) mass is 322 g/mol. The van der Waals surface area contributed by atoms with Crippen LogP contribution >= 0.6 is 11.6 Å². The van der Waals surface area contributed by atoms with Crippen LogP contribution in [0.3, 0.4) is 0 Å². The molecule has 1 amide bonds. The molecule has 0 radical (unpaired) electrons. The molecule has 0 saturated carbocycles. The number of rotatable bonds is 3. The van der Waals surface area contributed by atoms with Crippen LogP contribution in [0.4, 0.5) is 5.69 Å². The summed E-state index contributed by atoms with van der Waals surface area (Å²) < 4.78 is 0. The summed E-state index contributed by atoms with van der Waals surface area (Å²) in [6, 6.07) is 7.03. The van der Waals surface area contributed by atoms with Crippen LogP contribution in [0.5, 0.6) is 0 Å². The first-order valence-corrected chi connectivity index (χ1v) is 7.89. The van der Waals surface area contributed by atoms with E-state index in [4.69, 9.17) is 11.6 Å². The summed E-state index contributed by atoms with van der Waals surface area (Å²) in [5, 5.41) is 9.87. The van der Waals surface area contributed by atoms with Gasteiger partial charge in [-0.05, 0) is 36.6 Å². The van der Waals surface area contributed by atoms with E-state index < -0.39 is 5.97 Å². The van der Waals surface area contributed by atoms with Gasteiger partial charge in [0, 0.05) is 30.3 Å². The molecular weight excluding hydrogens is 304 g/mol. The maximum absolute atomic E-state index is 12.7. The van der Waals surface area contributed by atoms with Gasteiger partial charge in [-0.1, -0.05) is 18.5 Å². The molecule has 5 nitrogen and oxygen atoms in total. The number of hydrogen-bond acceptors (Lipinski definition) is 3. The summed E-state index contributed by atoms with van der Waals surface area (Å²) in [5.41, 5.74) is 0.846. The van der Waals surface area contributed by atoms with Gasteiger partial charge in [0.2, 0.25) is 5.91 Å². The van der Waals surface area contributed by atoms with Gasteiger partial charge in [-0.2, -0.15) is 0 Å². The Morgan fingerprint density at radius 1 is 1.27 bits per heavy atom. The van der Waals surface area contributed by atoms with Crippen molar-refractivity contribution in [3.63, 3.8) is 0 Å². The van der Waals surface area contributed by atoms with Crippen molar-refractivity contribution in [2.24, 2.45) is 11.8 Å². The number of amides is 1. The highest BCUT2D eigenvalue weighted by molar-refractivity contribution is 6.30. The number of likely N-dealkylation sites (tertiary alicyclic amines) is 1. The smallest absolute Gasteiger partial charge is 0.308 e. The van der Waals surface area contributed by atoms with Gasteiger partial charge in [0.1, 0.15) is 0 Å². The topological polar surface area (TPSA) is 60.9 Å². The molecule has 0 aromatic heterocycles. The number of aliphatic carboxylic acids is 1. The quantitative estimate of drug-likeness (QED) is 0.925. The van der Waals surface area contributed by atoms with Gasteiger partial charge >= 0.3 is 5.97 Å². The summed E-state index contributed by atoms with van der Waals surface area (Å²) >= 11 is 5.88. The molecule has 3 rings (SSSR count). The molecule has 3 atom stereocenters. The van der Waals surface area contributed by atoms with Gasteiger partial charge in [-0.3, -0.25) is 14.5 Å². The Morgan fingerprint density at radius 2 is 1.95 bits per heavy atom. The lowest BCUT2D eigenvalue weighted by atomic mass is 9.99. The molecule has 0 aliphatic carbocycles. The van der Waals surface area contributed by atoms with Gasteiger partial charge < -0.3 is 10.0 Å². The number of halogens is 1. The second-order valence-electron chi connectivity index (χ2n) is 6.15. The van der Waals surface area contributed by atoms with Crippen LogP contribution < -0.4 is 4.90 Å². The van der Waals surface area contributed by atoms with Crippen LogP contribution in [-0.4, -0.2) is 47.6 Å².